The van der Waals surface area contributed by atoms with Gasteiger partial charge in [0, 0.05) is 39.2 Å². The van der Waals surface area contributed by atoms with E-state index in [0.29, 0.717) is 5.95 Å². The van der Waals surface area contributed by atoms with Crippen LogP contribution in [0.25, 0.3) is 0 Å². The summed E-state index contributed by atoms with van der Waals surface area (Å²) in [6.45, 7) is 0.878. The number of anilines is 2. The molecule has 0 bridgehead atoms. The van der Waals surface area contributed by atoms with E-state index in [1.165, 1.54) is 5.56 Å². The van der Waals surface area contributed by atoms with Crippen LogP contribution in [0.3, 0.4) is 0 Å². The van der Waals surface area contributed by atoms with Crippen LogP contribution < -0.4 is 10.2 Å². The number of rotatable bonds is 5. The molecule has 0 aromatic carbocycles. The molecule has 0 unspecified atom stereocenters. The number of nitrogens with zero attached hydrogens (tertiary/aromatic N) is 4. The first kappa shape index (κ1) is 13.7. The number of hydrogen-bond acceptors (Lipinski definition) is 5. The fraction of sp³-hybridized carbons (Fsp3) is 0.308. The summed E-state index contributed by atoms with van der Waals surface area (Å²) in [7, 11) is 3.83. The van der Waals surface area contributed by atoms with Crippen molar-refractivity contribution in [1.82, 2.24) is 15.0 Å². The Morgan fingerprint density at radius 2 is 2.05 bits per heavy atom. The van der Waals surface area contributed by atoms with Crippen LogP contribution in [0.1, 0.15) is 5.56 Å². The molecule has 100 valence electrons. The second kappa shape index (κ2) is 6.47. The minimum atomic E-state index is 0.619. The maximum atomic E-state index is 4.45. The molecule has 2 heterocycles. The molecule has 0 atom stereocenters. The topological polar surface area (TPSA) is 53.9 Å². The molecule has 0 radical (unpaired) electrons. The van der Waals surface area contributed by atoms with E-state index in [4.69, 9.17) is 0 Å². The molecule has 0 amide bonds. The van der Waals surface area contributed by atoms with E-state index in [2.05, 4.69) is 41.1 Å². The summed E-state index contributed by atoms with van der Waals surface area (Å²) in [6.07, 6.45) is 6.34. The fourth-order valence-corrected chi connectivity index (χ4v) is 2.19. The fourth-order valence-electron chi connectivity index (χ4n) is 1.70. The minimum absolute atomic E-state index is 0.619. The summed E-state index contributed by atoms with van der Waals surface area (Å²) in [5, 5.41) is 2.95. The highest BCUT2D eigenvalue weighted by Crippen LogP contribution is 2.23. The maximum absolute atomic E-state index is 4.45. The van der Waals surface area contributed by atoms with E-state index in [0.717, 1.165) is 23.3 Å². The van der Waals surface area contributed by atoms with Crippen LogP contribution in [0.5, 0.6) is 0 Å². The summed E-state index contributed by atoms with van der Waals surface area (Å²) in [4.78, 5) is 14.7. The zero-order valence-corrected chi connectivity index (χ0v) is 12.6. The van der Waals surface area contributed by atoms with Crippen molar-refractivity contribution in [3.63, 3.8) is 0 Å². The lowest BCUT2D eigenvalue weighted by Crippen LogP contribution is -2.22. The Hall–Kier alpha value is -1.69. The Morgan fingerprint density at radius 1 is 1.32 bits per heavy atom. The summed E-state index contributed by atoms with van der Waals surface area (Å²) >= 11 is 3.48. The van der Waals surface area contributed by atoms with E-state index in [9.17, 15) is 0 Å². The average molecular weight is 322 g/mol. The molecule has 0 aliphatic carbocycles. The molecular formula is C13H16BrN5. The Kier molecular flexibility index (Phi) is 4.68. The third-order valence-electron chi connectivity index (χ3n) is 2.80. The molecule has 19 heavy (non-hydrogen) atoms. The average Bonchev–Trinajstić information content (AvgIpc) is 2.46. The van der Waals surface area contributed by atoms with E-state index >= 15 is 0 Å². The predicted octanol–water partition coefficient (Wildman–Crippen LogP) is 2.35. The van der Waals surface area contributed by atoms with Crippen molar-refractivity contribution >= 4 is 27.7 Å². The molecule has 2 rings (SSSR count). The van der Waals surface area contributed by atoms with E-state index in [1.807, 2.05) is 38.6 Å². The molecule has 2 aromatic rings. The van der Waals surface area contributed by atoms with Gasteiger partial charge in [0.1, 0.15) is 5.82 Å². The van der Waals surface area contributed by atoms with Crippen molar-refractivity contribution in [2.75, 3.05) is 30.9 Å². The Balaban J connectivity index is 2.05. The zero-order chi connectivity index (χ0) is 13.7. The van der Waals surface area contributed by atoms with Gasteiger partial charge in [-0.15, -0.1) is 0 Å². The van der Waals surface area contributed by atoms with Gasteiger partial charge >= 0.3 is 0 Å². The summed E-state index contributed by atoms with van der Waals surface area (Å²) < 4.78 is 0.892. The highest BCUT2D eigenvalue weighted by atomic mass is 79.9. The molecule has 1 N–H and O–H groups in total. The number of nitrogens with one attached hydrogen (secondary N) is 1. The van der Waals surface area contributed by atoms with Crippen LogP contribution >= 0.6 is 15.9 Å². The Morgan fingerprint density at radius 3 is 2.74 bits per heavy atom. The van der Waals surface area contributed by atoms with Crippen LogP contribution in [-0.2, 0) is 6.42 Å². The lowest BCUT2D eigenvalue weighted by molar-refractivity contribution is 0.852. The van der Waals surface area contributed by atoms with Crippen LogP contribution in [0.4, 0.5) is 11.8 Å². The molecular weight excluding hydrogens is 306 g/mol. The molecule has 0 aliphatic rings. The van der Waals surface area contributed by atoms with E-state index in [-0.39, 0.29) is 0 Å². The summed E-state index contributed by atoms with van der Waals surface area (Å²) in [6, 6.07) is 4.06. The quantitative estimate of drug-likeness (QED) is 0.916. The van der Waals surface area contributed by atoms with Gasteiger partial charge in [-0.25, -0.2) is 4.98 Å². The normalized spacial score (nSPS) is 10.3. The second-order valence-corrected chi connectivity index (χ2v) is 5.00. The van der Waals surface area contributed by atoms with Crippen LogP contribution in [0.2, 0.25) is 0 Å². The Bertz CT molecular complexity index is 532. The molecule has 0 saturated carbocycles. The number of pyridine rings is 1. The number of likely N-dealkylation sites (N-methyl/N-ethyl adjacent to an activating group) is 1. The minimum Gasteiger partial charge on any atom is -0.358 e. The van der Waals surface area contributed by atoms with Gasteiger partial charge in [-0.1, -0.05) is 0 Å². The number of halogens is 1. The first-order valence-corrected chi connectivity index (χ1v) is 6.80. The van der Waals surface area contributed by atoms with E-state index < -0.39 is 0 Å². The van der Waals surface area contributed by atoms with E-state index in [1.54, 1.807) is 6.20 Å². The Labute approximate surface area is 121 Å². The smallest absolute Gasteiger partial charge is 0.224 e. The lowest BCUT2D eigenvalue weighted by atomic mass is 10.2. The van der Waals surface area contributed by atoms with Gasteiger partial charge in [-0.2, -0.15) is 4.98 Å². The third-order valence-corrected chi connectivity index (χ3v) is 3.36. The molecule has 0 spiro atoms. The SMILES string of the molecule is CNc1ncc(Br)c(N(C)CCc2ccncc2)n1. The van der Waals surface area contributed by atoms with Gasteiger partial charge in [0.15, 0.2) is 0 Å². The molecule has 2 aromatic heterocycles. The highest BCUT2D eigenvalue weighted by Gasteiger charge is 2.09. The van der Waals surface area contributed by atoms with Crippen LogP contribution in [0.15, 0.2) is 35.2 Å². The third kappa shape index (κ3) is 3.64. The number of hydrogen-bond donors (Lipinski definition) is 1. The largest absolute Gasteiger partial charge is 0.358 e. The van der Waals surface area contributed by atoms with Gasteiger partial charge in [0.2, 0.25) is 5.95 Å². The lowest BCUT2D eigenvalue weighted by Gasteiger charge is -2.19. The standard InChI is InChI=1S/C13H16BrN5/c1-15-13-17-9-11(14)12(18-13)19(2)8-5-10-3-6-16-7-4-10/h3-4,6-7,9H,5,8H2,1-2H3,(H,15,17,18). The first-order chi connectivity index (χ1) is 9.20. The molecule has 0 fully saturated rings. The number of aromatic nitrogens is 3. The van der Waals surface area contributed by atoms with Crippen molar-refractivity contribution in [2.45, 2.75) is 6.42 Å². The van der Waals surface area contributed by atoms with Crippen molar-refractivity contribution in [1.29, 1.82) is 0 Å². The molecule has 0 aliphatic heterocycles. The van der Waals surface area contributed by atoms with Gasteiger partial charge in [0.05, 0.1) is 4.47 Å². The van der Waals surface area contributed by atoms with Crippen molar-refractivity contribution in [3.05, 3.63) is 40.8 Å². The molecule has 5 nitrogen and oxygen atoms in total. The van der Waals surface area contributed by atoms with Crippen LogP contribution in [0, 0.1) is 0 Å². The highest BCUT2D eigenvalue weighted by molar-refractivity contribution is 9.10. The monoisotopic (exact) mass is 321 g/mol. The molecule has 0 saturated heterocycles. The van der Waals surface area contributed by atoms with Gasteiger partial charge in [-0.05, 0) is 40.0 Å². The summed E-state index contributed by atoms with van der Waals surface area (Å²) in [5.41, 5.74) is 1.26. The molecule has 6 heteroatoms. The van der Waals surface area contributed by atoms with Gasteiger partial charge < -0.3 is 10.2 Å². The maximum Gasteiger partial charge on any atom is 0.224 e. The van der Waals surface area contributed by atoms with Crippen molar-refractivity contribution in [3.8, 4) is 0 Å². The summed E-state index contributed by atoms with van der Waals surface area (Å²) in [5.74, 6) is 1.50. The van der Waals surface area contributed by atoms with Crippen molar-refractivity contribution < 1.29 is 0 Å². The first-order valence-electron chi connectivity index (χ1n) is 6.01. The van der Waals surface area contributed by atoms with Gasteiger partial charge in [0.25, 0.3) is 0 Å². The zero-order valence-electron chi connectivity index (χ0n) is 11.0. The predicted molar refractivity (Wildman–Crippen MR) is 80.5 cm³/mol. The van der Waals surface area contributed by atoms with Crippen molar-refractivity contribution in [2.24, 2.45) is 0 Å². The van der Waals surface area contributed by atoms with Gasteiger partial charge in [-0.3, -0.25) is 4.98 Å². The second-order valence-electron chi connectivity index (χ2n) is 4.14. The van der Waals surface area contributed by atoms with Crippen LogP contribution in [-0.4, -0.2) is 35.6 Å².